The minimum atomic E-state index is -0.0629. The first kappa shape index (κ1) is 21.8. The number of hydrogen-bond donors (Lipinski definition) is 1. The molecule has 1 heterocycles. The topological polar surface area (TPSA) is 70.3 Å². The van der Waals surface area contributed by atoms with Crippen molar-refractivity contribution in [3.63, 3.8) is 0 Å². The van der Waals surface area contributed by atoms with Crippen LogP contribution >= 0.6 is 11.8 Å². The van der Waals surface area contributed by atoms with Gasteiger partial charge in [0.25, 0.3) is 0 Å². The molecule has 1 fully saturated rings. The van der Waals surface area contributed by atoms with E-state index >= 15 is 0 Å². The van der Waals surface area contributed by atoms with Crippen LogP contribution in [-0.2, 0) is 16.1 Å². The van der Waals surface area contributed by atoms with Gasteiger partial charge in [-0.3, -0.25) is 9.69 Å². The number of thioether (sulfide) groups is 1. The predicted molar refractivity (Wildman–Crippen MR) is 111 cm³/mol. The average molecular weight is 393 g/mol. The number of amides is 1. The van der Waals surface area contributed by atoms with Gasteiger partial charge in [0.1, 0.15) is 11.9 Å². The van der Waals surface area contributed by atoms with E-state index in [0.717, 1.165) is 30.5 Å². The highest BCUT2D eigenvalue weighted by molar-refractivity contribution is 7.99. The Balaban J connectivity index is 2.07. The van der Waals surface area contributed by atoms with Crippen LogP contribution in [0.25, 0.3) is 0 Å². The van der Waals surface area contributed by atoms with E-state index in [9.17, 15) is 10.1 Å². The zero-order valence-electron chi connectivity index (χ0n) is 17.2. The van der Waals surface area contributed by atoms with Gasteiger partial charge in [-0.15, -0.1) is 0 Å². The SMILES string of the molecule is COCCCn1c(C)c(C)c(C#N)c1NC(=O)CN(C)[C@@H]1CC[C@H](SC)C1. The number of carbonyl (C=O) groups excluding carboxylic acids is 1. The molecule has 1 amide bonds. The fourth-order valence-corrected chi connectivity index (χ4v) is 4.62. The number of ether oxygens (including phenoxy) is 1. The summed E-state index contributed by atoms with van der Waals surface area (Å²) in [5.74, 6) is 0.558. The molecule has 0 spiro atoms. The van der Waals surface area contributed by atoms with Crippen LogP contribution in [0.1, 0.15) is 42.5 Å². The predicted octanol–water partition coefficient (Wildman–Crippen LogP) is 3.17. The Hall–Kier alpha value is -1.49. The van der Waals surface area contributed by atoms with Gasteiger partial charge in [-0.05, 0) is 58.4 Å². The van der Waals surface area contributed by atoms with Gasteiger partial charge in [0.2, 0.25) is 5.91 Å². The van der Waals surface area contributed by atoms with Gasteiger partial charge in [-0.25, -0.2) is 0 Å². The highest BCUT2D eigenvalue weighted by Crippen LogP contribution is 2.31. The summed E-state index contributed by atoms with van der Waals surface area (Å²) in [6.07, 6.45) is 6.49. The second-order valence-electron chi connectivity index (χ2n) is 7.33. The maximum atomic E-state index is 12.7. The summed E-state index contributed by atoms with van der Waals surface area (Å²) in [4.78, 5) is 14.8. The molecule has 0 aromatic carbocycles. The van der Waals surface area contributed by atoms with E-state index < -0.39 is 0 Å². The van der Waals surface area contributed by atoms with Crippen LogP contribution in [0.3, 0.4) is 0 Å². The molecule has 6 nitrogen and oxygen atoms in total. The second kappa shape index (κ2) is 10.2. The number of nitrogens with zero attached hydrogens (tertiary/aromatic N) is 3. The van der Waals surface area contributed by atoms with Crippen LogP contribution in [0, 0.1) is 25.2 Å². The summed E-state index contributed by atoms with van der Waals surface area (Å²) >= 11 is 1.92. The van der Waals surface area contributed by atoms with E-state index in [-0.39, 0.29) is 5.91 Å². The van der Waals surface area contributed by atoms with Gasteiger partial charge in [0.15, 0.2) is 0 Å². The quantitative estimate of drug-likeness (QED) is 0.654. The highest BCUT2D eigenvalue weighted by atomic mass is 32.2. The molecule has 2 atom stereocenters. The van der Waals surface area contributed by atoms with Crippen molar-refractivity contribution in [1.82, 2.24) is 9.47 Å². The van der Waals surface area contributed by atoms with E-state index in [1.807, 2.05) is 37.2 Å². The van der Waals surface area contributed by atoms with Gasteiger partial charge < -0.3 is 14.6 Å². The molecule has 0 unspecified atom stereocenters. The van der Waals surface area contributed by atoms with Gasteiger partial charge >= 0.3 is 0 Å². The molecule has 2 rings (SSSR count). The number of rotatable bonds is 9. The number of nitrogens with one attached hydrogen (secondary N) is 1. The maximum absolute atomic E-state index is 12.7. The number of carbonyl (C=O) groups is 1. The first-order valence-electron chi connectivity index (χ1n) is 9.54. The van der Waals surface area contributed by atoms with Crippen LogP contribution < -0.4 is 5.32 Å². The van der Waals surface area contributed by atoms with Crippen molar-refractivity contribution in [1.29, 1.82) is 5.26 Å². The normalized spacial score (nSPS) is 19.4. The Morgan fingerprint density at radius 2 is 2.19 bits per heavy atom. The number of aromatic nitrogens is 1. The molecule has 0 aliphatic heterocycles. The van der Waals surface area contributed by atoms with E-state index in [0.29, 0.717) is 42.4 Å². The standard InChI is InChI=1S/C20H32N4O2S/c1-14-15(2)24(9-6-10-26-4)20(18(14)12-21)22-19(25)13-23(3)16-7-8-17(11-16)27-5/h16-17H,6-11,13H2,1-5H3,(H,22,25)/t16-,17+/m1/s1. The lowest BCUT2D eigenvalue weighted by Gasteiger charge is -2.24. The number of methoxy groups -OCH3 is 1. The third-order valence-corrected chi connectivity index (χ3v) is 6.73. The molecular weight excluding hydrogens is 360 g/mol. The van der Waals surface area contributed by atoms with E-state index in [1.54, 1.807) is 7.11 Å². The van der Waals surface area contributed by atoms with E-state index in [2.05, 4.69) is 22.5 Å². The summed E-state index contributed by atoms with van der Waals surface area (Å²) in [6.45, 7) is 5.63. The van der Waals surface area contributed by atoms with Crippen molar-refractivity contribution in [3.8, 4) is 6.07 Å². The average Bonchev–Trinajstić information content (AvgIpc) is 3.21. The number of anilines is 1. The third-order valence-electron chi connectivity index (χ3n) is 5.64. The number of nitriles is 1. The van der Waals surface area contributed by atoms with Crippen molar-refractivity contribution < 1.29 is 9.53 Å². The molecule has 1 aromatic rings. The molecule has 7 heteroatoms. The van der Waals surface area contributed by atoms with Crippen molar-refractivity contribution >= 4 is 23.5 Å². The zero-order chi connectivity index (χ0) is 20.0. The van der Waals surface area contributed by atoms with E-state index in [4.69, 9.17) is 4.74 Å². The summed E-state index contributed by atoms with van der Waals surface area (Å²) in [7, 11) is 3.70. The fraction of sp³-hybridized carbons (Fsp3) is 0.700. The lowest BCUT2D eigenvalue weighted by atomic mass is 10.2. The largest absolute Gasteiger partial charge is 0.385 e. The number of likely N-dealkylation sites (N-methyl/N-ethyl adjacent to an activating group) is 1. The van der Waals surface area contributed by atoms with Gasteiger partial charge in [0.05, 0.1) is 12.1 Å². The Morgan fingerprint density at radius 1 is 1.44 bits per heavy atom. The van der Waals surface area contributed by atoms with E-state index in [1.165, 1.54) is 6.42 Å². The lowest BCUT2D eigenvalue weighted by Crippen LogP contribution is -2.37. The van der Waals surface area contributed by atoms with Crippen LogP contribution in [-0.4, -0.2) is 60.2 Å². The van der Waals surface area contributed by atoms with Crippen LogP contribution in [0.4, 0.5) is 5.82 Å². The lowest BCUT2D eigenvalue weighted by molar-refractivity contribution is -0.117. The summed E-state index contributed by atoms with van der Waals surface area (Å²) < 4.78 is 7.17. The molecule has 1 aromatic heterocycles. The van der Waals surface area contributed by atoms with Crippen LogP contribution in [0.15, 0.2) is 0 Å². The molecule has 1 aliphatic rings. The van der Waals surface area contributed by atoms with Gasteiger partial charge in [0, 0.05) is 37.2 Å². The Kier molecular flexibility index (Phi) is 8.21. The maximum Gasteiger partial charge on any atom is 0.239 e. The van der Waals surface area contributed by atoms with Crippen molar-refractivity contribution in [2.24, 2.45) is 0 Å². The summed E-state index contributed by atoms with van der Waals surface area (Å²) in [5.41, 5.74) is 2.51. The molecule has 1 aliphatic carbocycles. The highest BCUT2D eigenvalue weighted by Gasteiger charge is 2.28. The third kappa shape index (κ3) is 5.28. The van der Waals surface area contributed by atoms with Crippen molar-refractivity contribution in [2.45, 2.75) is 57.4 Å². The van der Waals surface area contributed by atoms with Crippen molar-refractivity contribution in [2.75, 3.05) is 38.9 Å². The van der Waals surface area contributed by atoms with Crippen LogP contribution in [0.2, 0.25) is 0 Å². The van der Waals surface area contributed by atoms with Gasteiger partial charge in [-0.2, -0.15) is 17.0 Å². The molecule has 150 valence electrons. The Morgan fingerprint density at radius 3 is 2.78 bits per heavy atom. The van der Waals surface area contributed by atoms with Gasteiger partial charge in [-0.1, -0.05) is 0 Å². The Bertz CT molecular complexity index is 695. The summed E-state index contributed by atoms with van der Waals surface area (Å²) in [6, 6.07) is 2.72. The molecule has 1 saturated carbocycles. The fourth-order valence-electron chi connectivity index (χ4n) is 3.84. The number of hydrogen-bond acceptors (Lipinski definition) is 5. The Labute approximate surface area is 167 Å². The zero-order valence-corrected chi connectivity index (χ0v) is 18.0. The molecule has 0 bridgehead atoms. The molecule has 0 radical (unpaired) electrons. The summed E-state index contributed by atoms with van der Waals surface area (Å²) in [5, 5.41) is 13.3. The first-order valence-corrected chi connectivity index (χ1v) is 10.8. The monoisotopic (exact) mass is 392 g/mol. The first-order chi connectivity index (χ1) is 12.9. The minimum Gasteiger partial charge on any atom is -0.385 e. The molecular formula is C20H32N4O2S. The van der Waals surface area contributed by atoms with Crippen molar-refractivity contribution in [3.05, 3.63) is 16.8 Å². The van der Waals surface area contributed by atoms with Crippen LogP contribution in [0.5, 0.6) is 0 Å². The molecule has 1 N–H and O–H groups in total. The molecule has 27 heavy (non-hydrogen) atoms. The smallest absolute Gasteiger partial charge is 0.239 e. The molecule has 0 saturated heterocycles. The second-order valence-corrected chi connectivity index (χ2v) is 8.47. The minimum absolute atomic E-state index is 0.0629.